The van der Waals surface area contributed by atoms with Crippen LogP contribution in [-0.2, 0) is 0 Å². The van der Waals surface area contributed by atoms with Crippen molar-refractivity contribution in [1.29, 1.82) is 0 Å². The van der Waals surface area contributed by atoms with E-state index in [9.17, 15) is 0 Å². The monoisotopic (exact) mass is 203 g/mol. The van der Waals surface area contributed by atoms with Crippen LogP contribution in [0.5, 0.6) is 0 Å². The molecule has 2 rings (SSSR count). The molecule has 0 saturated carbocycles. The summed E-state index contributed by atoms with van der Waals surface area (Å²) in [5.41, 5.74) is 1.73. The minimum absolute atomic E-state index is 0.289. The van der Waals surface area contributed by atoms with Crippen LogP contribution in [0.4, 0.5) is 0 Å². The van der Waals surface area contributed by atoms with E-state index in [4.69, 9.17) is 0 Å². The van der Waals surface area contributed by atoms with Gasteiger partial charge in [-0.25, -0.2) is 0 Å². The van der Waals surface area contributed by atoms with Crippen LogP contribution in [0.25, 0.3) is 0 Å². The molecule has 0 aromatic heterocycles. The molecule has 0 radical (unpaired) electrons. The average molecular weight is 203 g/mol. The van der Waals surface area contributed by atoms with Gasteiger partial charge in [-0.3, -0.25) is 0 Å². The molecule has 1 aromatic carbocycles. The Kier molecular flexibility index (Phi) is 3.11. The lowest BCUT2D eigenvalue weighted by Gasteiger charge is -2.29. The summed E-state index contributed by atoms with van der Waals surface area (Å²) in [5, 5.41) is 3.77. The zero-order chi connectivity index (χ0) is 10.7. The van der Waals surface area contributed by atoms with Gasteiger partial charge in [-0.1, -0.05) is 43.2 Å². The molecule has 1 nitrogen and oxygen atoms in total. The highest BCUT2D eigenvalue weighted by molar-refractivity contribution is 5.19. The Morgan fingerprint density at radius 3 is 2.60 bits per heavy atom. The summed E-state index contributed by atoms with van der Waals surface area (Å²) in [7, 11) is 0. The molecule has 1 heterocycles. The van der Waals surface area contributed by atoms with Gasteiger partial charge in [0.05, 0.1) is 0 Å². The summed E-state index contributed by atoms with van der Waals surface area (Å²) in [6.07, 6.45) is 5.25. The van der Waals surface area contributed by atoms with Gasteiger partial charge in [-0.05, 0) is 32.3 Å². The lowest BCUT2D eigenvalue weighted by Crippen LogP contribution is -2.40. The molecule has 0 spiro atoms. The van der Waals surface area contributed by atoms with Crippen LogP contribution in [-0.4, -0.2) is 5.54 Å². The maximum absolute atomic E-state index is 3.77. The molecule has 1 N–H and O–H groups in total. The van der Waals surface area contributed by atoms with E-state index >= 15 is 0 Å². The van der Waals surface area contributed by atoms with Gasteiger partial charge in [0.1, 0.15) is 0 Å². The van der Waals surface area contributed by atoms with Crippen LogP contribution in [0.2, 0.25) is 0 Å². The van der Waals surface area contributed by atoms with Crippen molar-refractivity contribution in [2.45, 2.75) is 51.1 Å². The largest absolute Gasteiger partial charge is 0.305 e. The zero-order valence-electron chi connectivity index (χ0n) is 9.79. The molecule has 1 unspecified atom stereocenters. The second-order valence-corrected chi connectivity index (χ2v) is 5.24. The molecule has 0 bridgehead atoms. The number of benzene rings is 1. The quantitative estimate of drug-likeness (QED) is 0.734. The Morgan fingerprint density at radius 2 is 1.87 bits per heavy atom. The van der Waals surface area contributed by atoms with E-state index in [1.165, 1.54) is 31.2 Å². The van der Waals surface area contributed by atoms with Crippen molar-refractivity contribution in [3.63, 3.8) is 0 Å². The van der Waals surface area contributed by atoms with Crippen LogP contribution in [0, 0.1) is 0 Å². The van der Waals surface area contributed by atoms with Crippen LogP contribution < -0.4 is 5.32 Å². The molecule has 82 valence electrons. The molecular formula is C14H21N. The first kappa shape index (κ1) is 10.7. The fourth-order valence-electron chi connectivity index (χ4n) is 2.47. The first-order valence-electron chi connectivity index (χ1n) is 6.00. The highest BCUT2D eigenvalue weighted by Crippen LogP contribution is 2.28. The van der Waals surface area contributed by atoms with E-state index in [0.717, 1.165) is 0 Å². The highest BCUT2D eigenvalue weighted by atomic mass is 15.0. The van der Waals surface area contributed by atoms with E-state index in [0.29, 0.717) is 6.04 Å². The fourth-order valence-corrected chi connectivity index (χ4v) is 2.47. The predicted molar refractivity (Wildman–Crippen MR) is 64.9 cm³/mol. The lowest BCUT2D eigenvalue weighted by atomic mass is 9.98. The minimum Gasteiger partial charge on any atom is -0.305 e. The summed E-state index contributed by atoms with van der Waals surface area (Å²) in [5.74, 6) is 0. The Balaban J connectivity index is 2.15. The van der Waals surface area contributed by atoms with Crippen molar-refractivity contribution >= 4 is 0 Å². The molecule has 0 amide bonds. The second-order valence-electron chi connectivity index (χ2n) is 5.24. The van der Waals surface area contributed by atoms with Crippen LogP contribution >= 0.6 is 0 Å². The summed E-state index contributed by atoms with van der Waals surface area (Å²) in [6, 6.07) is 11.4. The van der Waals surface area contributed by atoms with E-state index in [-0.39, 0.29) is 5.54 Å². The second kappa shape index (κ2) is 4.36. The molecule has 1 saturated heterocycles. The molecule has 1 aromatic rings. The SMILES string of the molecule is CC1(C)CCCCC(c2ccccc2)N1. The molecule has 1 aliphatic heterocycles. The molecule has 1 atom stereocenters. The highest BCUT2D eigenvalue weighted by Gasteiger charge is 2.25. The van der Waals surface area contributed by atoms with E-state index in [1.807, 2.05) is 0 Å². The molecule has 1 heteroatoms. The van der Waals surface area contributed by atoms with E-state index in [2.05, 4.69) is 49.5 Å². The van der Waals surface area contributed by atoms with Crippen LogP contribution in [0.3, 0.4) is 0 Å². The van der Waals surface area contributed by atoms with Gasteiger partial charge >= 0.3 is 0 Å². The van der Waals surface area contributed by atoms with Crippen LogP contribution in [0.1, 0.15) is 51.1 Å². The Hall–Kier alpha value is -0.820. The zero-order valence-corrected chi connectivity index (χ0v) is 9.79. The van der Waals surface area contributed by atoms with E-state index < -0.39 is 0 Å². The van der Waals surface area contributed by atoms with Crippen molar-refractivity contribution in [2.24, 2.45) is 0 Å². The molecule has 1 fully saturated rings. The third kappa shape index (κ3) is 2.82. The number of hydrogen-bond acceptors (Lipinski definition) is 1. The minimum atomic E-state index is 0.289. The number of hydrogen-bond donors (Lipinski definition) is 1. The van der Waals surface area contributed by atoms with Gasteiger partial charge in [-0.2, -0.15) is 0 Å². The Morgan fingerprint density at radius 1 is 1.13 bits per heavy atom. The summed E-state index contributed by atoms with van der Waals surface area (Å²) < 4.78 is 0. The normalized spacial score (nSPS) is 25.9. The molecule has 1 aliphatic rings. The molecule has 0 aliphatic carbocycles. The summed E-state index contributed by atoms with van der Waals surface area (Å²) >= 11 is 0. The van der Waals surface area contributed by atoms with Crippen molar-refractivity contribution in [1.82, 2.24) is 5.32 Å². The van der Waals surface area contributed by atoms with Crippen molar-refractivity contribution in [2.75, 3.05) is 0 Å². The Bertz CT molecular complexity index is 302. The first-order chi connectivity index (χ1) is 7.17. The van der Waals surface area contributed by atoms with Crippen LogP contribution in [0.15, 0.2) is 30.3 Å². The average Bonchev–Trinajstić information content (AvgIpc) is 2.41. The fraction of sp³-hybridized carbons (Fsp3) is 0.571. The number of nitrogens with one attached hydrogen (secondary N) is 1. The third-order valence-electron chi connectivity index (χ3n) is 3.31. The lowest BCUT2D eigenvalue weighted by molar-refractivity contribution is 0.337. The smallest absolute Gasteiger partial charge is 0.0324 e. The topological polar surface area (TPSA) is 12.0 Å². The summed E-state index contributed by atoms with van der Waals surface area (Å²) in [4.78, 5) is 0. The standard InChI is InChI=1S/C14H21N/c1-14(2)11-7-6-10-13(15-14)12-8-4-3-5-9-12/h3-5,8-9,13,15H,6-7,10-11H2,1-2H3. The van der Waals surface area contributed by atoms with Gasteiger partial charge < -0.3 is 5.32 Å². The first-order valence-corrected chi connectivity index (χ1v) is 6.00. The van der Waals surface area contributed by atoms with Crippen molar-refractivity contribution < 1.29 is 0 Å². The predicted octanol–water partition coefficient (Wildman–Crippen LogP) is 3.67. The van der Waals surface area contributed by atoms with Gasteiger partial charge in [0, 0.05) is 11.6 Å². The van der Waals surface area contributed by atoms with Crippen molar-refractivity contribution in [3.05, 3.63) is 35.9 Å². The van der Waals surface area contributed by atoms with E-state index in [1.54, 1.807) is 0 Å². The maximum Gasteiger partial charge on any atom is 0.0324 e. The Labute approximate surface area is 92.9 Å². The summed E-state index contributed by atoms with van der Waals surface area (Å²) in [6.45, 7) is 4.63. The molecule has 15 heavy (non-hydrogen) atoms. The van der Waals surface area contributed by atoms with Gasteiger partial charge in [0.15, 0.2) is 0 Å². The molecular weight excluding hydrogens is 182 g/mol. The number of rotatable bonds is 1. The maximum atomic E-state index is 3.77. The van der Waals surface area contributed by atoms with Gasteiger partial charge in [0.25, 0.3) is 0 Å². The van der Waals surface area contributed by atoms with Gasteiger partial charge in [-0.15, -0.1) is 0 Å². The van der Waals surface area contributed by atoms with Crippen molar-refractivity contribution in [3.8, 4) is 0 Å². The third-order valence-corrected chi connectivity index (χ3v) is 3.31. The van der Waals surface area contributed by atoms with Gasteiger partial charge in [0.2, 0.25) is 0 Å².